The van der Waals surface area contributed by atoms with Gasteiger partial charge >= 0.3 is 5.97 Å². The summed E-state index contributed by atoms with van der Waals surface area (Å²) in [5, 5.41) is 12.3. The molecule has 1 aliphatic carbocycles. The van der Waals surface area contributed by atoms with Gasteiger partial charge in [-0.15, -0.1) is 0 Å². The Morgan fingerprint density at radius 1 is 1.55 bits per heavy atom. The fourth-order valence-corrected chi connectivity index (χ4v) is 2.95. The van der Waals surface area contributed by atoms with Crippen molar-refractivity contribution in [3.8, 4) is 0 Å². The van der Waals surface area contributed by atoms with Crippen LogP contribution in [0.4, 0.5) is 5.82 Å². The lowest BCUT2D eigenvalue weighted by molar-refractivity contribution is 0.0697. The van der Waals surface area contributed by atoms with Crippen molar-refractivity contribution in [1.29, 1.82) is 0 Å². The van der Waals surface area contributed by atoms with Gasteiger partial charge in [-0.05, 0) is 41.9 Å². The maximum Gasteiger partial charge on any atom is 0.339 e. The van der Waals surface area contributed by atoms with Crippen LogP contribution in [0.5, 0.6) is 0 Å². The predicted molar refractivity (Wildman–Crippen MR) is 82.3 cm³/mol. The highest BCUT2D eigenvalue weighted by molar-refractivity contribution is 9.10. The summed E-state index contributed by atoms with van der Waals surface area (Å²) in [5.41, 5.74) is 0.197. The highest BCUT2D eigenvalue weighted by Crippen LogP contribution is 2.22. The molecule has 1 aromatic rings. The molecule has 20 heavy (non-hydrogen) atoms. The van der Waals surface area contributed by atoms with Gasteiger partial charge in [0, 0.05) is 29.8 Å². The van der Waals surface area contributed by atoms with Crippen molar-refractivity contribution < 1.29 is 9.90 Å². The lowest BCUT2D eigenvalue weighted by Crippen LogP contribution is -2.33. The lowest BCUT2D eigenvalue weighted by Gasteiger charge is -2.24. The van der Waals surface area contributed by atoms with E-state index in [1.54, 1.807) is 12.3 Å². The zero-order chi connectivity index (χ0) is 14.5. The molecule has 0 amide bonds. The molecule has 1 aliphatic rings. The highest BCUT2D eigenvalue weighted by Gasteiger charge is 2.19. The van der Waals surface area contributed by atoms with Gasteiger partial charge in [0.05, 0.1) is 0 Å². The predicted octanol–water partition coefficient (Wildman–Crippen LogP) is 2.83. The van der Waals surface area contributed by atoms with Crippen LogP contribution in [0.1, 0.15) is 36.0 Å². The Morgan fingerprint density at radius 3 is 2.90 bits per heavy atom. The van der Waals surface area contributed by atoms with Crippen molar-refractivity contribution in [3.63, 3.8) is 0 Å². The summed E-state index contributed by atoms with van der Waals surface area (Å²) in [6, 6.07) is 2.24. The fraction of sp³-hybridized carbons (Fsp3) is 0.571. The lowest BCUT2D eigenvalue weighted by atomic mass is 10.2. The number of aromatic carboxylic acids is 1. The molecule has 0 aliphatic heterocycles. The van der Waals surface area contributed by atoms with Crippen LogP contribution in [0.15, 0.2) is 16.7 Å². The van der Waals surface area contributed by atoms with Gasteiger partial charge in [0.15, 0.2) is 0 Å². The molecule has 1 aromatic heterocycles. The van der Waals surface area contributed by atoms with E-state index in [0.717, 1.165) is 6.54 Å². The molecule has 6 heteroatoms. The average Bonchev–Trinajstić information content (AvgIpc) is 2.94. The number of halogens is 1. The molecule has 5 nitrogen and oxygen atoms in total. The first-order chi connectivity index (χ1) is 9.58. The quantitative estimate of drug-likeness (QED) is 0.832. The van der Waals surface area contributed by atoms with E-state index in [0.29, 0.717) is 22.9 Å². The number of aromatic nitrogens is 1. The largest absolute Gasteiger partial charge is 0.478 e. The second-order valence-electron chi connectivity index (χ2n) is 5.20. The third kappa shape index (κ3) is 3.93. The number of nitrogens with one attached hydrogen (secondary N) is 1. The molecule has 0 bridgehead atoms. The molecule has 1 saturated carbocycles. The summed E-state index contributed by atoms with van der Waals surface area (Å²) >= 11 is 3.24. The fourth-order valence-electron chi connectivity index (χ4n) is 2.62. The minimum atomic E-state index is -0.967. The van der Waals surface area contributed by atoms with Crippen LogP contribution in [-0.2, 0) is 0 Å². The van der Waals surface area contributed by atoms with E-state index in [4.69, 9.17) is 5.11 Å². The summed E-state index contributed by atoms with van der Waals surface area (Å²) in [7, 11) is 2.13. The number of carboxylic acid groups (broad SMARTS) is 1. The Morgan fingerprint density at radius 2 is 2.25 bits per heavy atom. The standard InChI is InChI=1S/C14H20BrN3O2/c1-18(11-4-2-3-5-11)7-6-16-13-12(14(19)20)8-10(15)9-17-13/h8-9,11H,2-7H2,1H3,(H,16,17)(H,19,20). The second-order valence-corrected chi connectivity index (χ2v) is 6.12. The minimum absolute atomic E-state index is 0.197. The van der Waals surface area contributed by atoms with E-state index in [1.165, 1.54) is 25.7 Å². The first-order valence-electron chi connectivity index (χ1n) is 6.91. The van der Waals surface area contributed by atoms with Crippen molar-refractivity contribution in [2.45, 2.75) is 31.7 Å². The van der Waals surface area contributed by atoms with Crippen LogP contribution in [-0.4, -0.2) is 47.1 Å². The number of hydrogen-bond acceptors (Lipinski definition) is 4. The van der Waals surface area contributed by atoms with Gasteiger partial charge in [-0.3, -0.25) is 0 Å². The molecule has 0 aromatic carbocycles. The number of likely N-dealkylation sites (N-methyl/N-ethyl adjacent to an activating group) is 1. The molecule has 110 valence electrons. The summed E-state index contributed by atoms with van der Waals surface area (Å²) in [4.78, 5) is 17.7. The average molecular weight is 342 g/mol. The molecule has 2 N–H and O–H groups in total. The summed E-state index contributed by atoms with van der Waals surface area (Å²) in [6.07, 6.45) is 6.79. The molecule has 1 fully saturated rings. The molecule has 0 saturated heterocycles. The van der Waals surface area contributed by atoms with Crippen LogP contribution < -0.4 is 5.32 Å². The van der Waals surface area contributed by atoms with Crippen molar-refractivity contribution in [2.75, 3.05) is 25.5 Å². The van der Waals surface area contributed by atoms with E-state index < -0.39 is 5.97 Å². The summed E-state index contributed by atoms with van der Waals surface area (Å²) in [5.74, 6) is -0.536. The van der Waals surface area contributed by atoms with E-state index in [9.17, 15) is 4.79 Å². The van der Waals surface area contributed by atoms with Gasteiger partial charge in [-0.2, -0.15) is 0 Å². The molecule has 0 atom stereocenters. The van der Waals surface area contributed by atoms with Crippen molar-refractivity contribution in [2.24, 2.45) is 0 Å². The maximum atomic E-state index is 11.2. The SMILES string of the molecule is CN(CCNc1ncc(Br)cc1C(=O)O)C1CCCC1. The Hall–Kier alpha value is -1.14. The van der Waals surface area contributed by atoms with E-state index in [1.807, 2.05) is 0 Å². The normalized spacial score (nSPS) is 15.8. The molecular formula is C14H20BrN3O2. The summed E-state index contributed by atoms with van der Waals surface area (Å²) < 4.78 is 0.670. The Labute approximate surface area is 127 Å². The van der Waals surface area contributed by atoms with Gasteiger partial charge in [0.1, 0.15) is 11.4 Å². The van der Waals surface area contributed by atoms with Crippen LogP contribution in [0.25, 0.3) is 0 Å². The van der Waals surface area contributed by atoms with Crippen LogP contribution in [0.3, 0.4) is 0 Å². The van der Waals surface area contributed by atoms with Crippen LogP contribution in [0.2, 0.25) is 0 Å². The third-order valence-electron chi connectivity index (χ3n) is 3.79. The van der Waals surface area contributed by atoms with Crippen molar-refractivity contribution in [1.82, 2.24) is 9.88 Å². The Kier molecular flexibility index (Phi) is 5.37. The monoisotopic (exact) mass is 341 g/mol. The number of carbonyl (C=O) groups is 1. The van der Waals surface area contributed by atoms with E-state index in [2.05, 4.69) is 38.2 Å². The van der Waals surface area contributed by atoms with Crippen LogP contribution in [0, 0.1) is 0 Å². The smallest absolute Gasteiger partial charge is 0.339 e. The first kappa shape index (κ1) is 15.3. The van der Waals surface area contributed by atoms with Crippen LogP contribution >= 0.6 is 15.9 Å². The van der Waals surface area contributed by atoms with Gasteiger partial charge in [-0.1, -0.05) is 12.8 Å². The van der Waals surface area contributed by atoms with Gasteiger partial charge in [-0.25, -0.2) is 9.78 Å². The maximum absolute atomic E-state index is 11.2. The first-order valence-corrected chi connectivity index (χ1v) is 7.70. The zero-order valence-corrected chi connectivity index (χ0v) is 13.2. The number of carboxylic acids is 1. The third-order valence-corrected chi connectivity index (χ3v) is 4.22. The molecule has 0 radical (unpaired) electrons. The van der Waals surface area contributed by atoms with Gasteiger partial charge in [0.2, 0.25) is 0 Å². The summed E-state index contributed by atoms with van der Waals surface area (Å²) in [6.45, 7) is 1.59. The zero-order valence-electron chi connectivity index (χ0n) is 11.6. The molecule has 0 spiro atoms. The number of pyridine rings is 1. The molecule has 0 unspecified atom stereocenters. The molecular weight excluding hydrogens is 322 g/mol. The number of rotatable bonds is 6. The Bertz CT molecular complexity index is 475. The number of anilines is 1. The van der Waals surface area contributed by atoms with Gasteiger partial charge < -0.3 is 15.3 Å². The molecule has 2 rings (SSSR count). The molecule has 1 heterocycles. The van der Waals surface area contributed by atoms with E-state index >= 15 is 0 Å². The minimum Gasteiger partial charge on any atom is -0.478 e. The van der Waals surface area contributed by atoms with Crippen molar-refractivity contribution in [3.05, 3.63) is 22.3 Å². The topological polar surface area (TPSA) is 65.5 Å². The number of hydrogen-bond donors (Lipinski definition) is 2. The van der Waals surface area contributed by atoms with E-state index in [-0.39, 0.29) is 5.56 Å². The van der Waals surface area contributed by atoms with Crippen molar-refractivity contribution >= 4 is 27.7 Å². The van der Waals surface area contributed by atoms with Gasteiger partial charge in [0.25, 0.3) is 0 Å². The number of nitrogens with zero attached hydrogens (tertiary/aromatic N) is 2. The highest BCUT2D eigenvalue weighted by atomic mass is 79.9. The second kappa shape index (κ2) is 7.04. The Balaban J connectivity index is 1.89.